The first-order valence-electron chi connectivity index (χ1n) is 7.31. The van der Waals surface area contributed by atoms with Crippen molar-refractivity contribution in [3.8, 4) is 11.5 Å². The van der Waals surface area contributed by atoms with Crippen LogP contribution < -0.4 is 4.72 Å². The molecule has 7 nitrogen and oxygen atoms in total. The molecule has 0 aliphatic carbocycles. The summed E-state index contributed by atoms with van der Waals surface area (Å²) in [4.78, 5) is -0.0520. The van der Waals surface area contributed by atoms with E-state index in [1.54, 1.807) is 18.2 Å². The topological polar surface area (TPSA) is 111 Å². The Bertz CT molecular complexity index is 1080. The van der Waals surface area contributed by atoms with Crippen molar-refractivity contribution in [2.75, 3.05) is 7.05 Å². The minimum absolute atomic E-state index is 0. The number of nitrogens with one attached hydrogen (secondary N) is 1. The summed E-state index contributed by atoms with van der Waals surface area (Å²) in [6.07, 6.45) is 0. The van der Waals surface area contributed by atoms with E-state index in [9.17, 15) is 18.6 Å². The predicted octanol–water partition coefficient (Wildman–Crippen LogP) is 3.57. The molecule has 0 aliphatic heterocycles. The van der Waals surface area contributed by atoms with Crippen molar-refractivity contribution in [2.45, 2.75) is 4.90 Å². The third kappa shape index (κ3) is 3.87. The van der Waals surface area contributed by atoms with Gasteiger partial charge in [-0.1, -0.05) is 30.3 Å². The number of fused-ring (bicyclic) bond motifs is 1. The van der Waals surface area contributed by atoms with E-state index in [-0.39, 0.29) is 45.1 Å². The van der Waals surface area contributed by atoms with Crippen LogP contribution in [-0.2, 0) is 27.4 Å². The molecule has 0 bridgehead atoms. The van der Waals surface area contributed by atoms with Crippen molar-refractivity contribution in [1.82, 2.24) is 4.72 Å². The molecule has 9 heteroatoms. The molecular formula is C17H15CrN3O4S+2. The Morgan fingerprint density at radius 1 is 0.923 bits per heavy atom. The van der Waals surface area contributed by atoms with E-state index < -0.39 is 10.0 Å². The minimum atomic E-state index is -3.68. The van der Waals surface area contributed by atoms with Crippen LogP contribution in [0.5, 0.6) is 11.5 Å². The summed E-state index contributed by atoms with van der Waals surface area (Å²) in [6.45, 7) is 0. The van der Waals surface area contributed by atoms with Gasteiger partial charge in [-0.15, -0.1) is 10.2 Å². The number of hydrogen-bond acceptors (Lipinski definition) is 6. The number of sulfonamides is 1. The van der Waals surface area contributed by atoms with Gasteiger partial charge in [-0.25, -0.2) is 13.1 Å². The van der Waals surface area contributed by atoms with Gasteiger partial charge in [-0.2, -0.15) is 0 Å². The van der Waals surface area contributed by atoms with Gasteiger partial charge in [0.15, 0.2) is 0 Å². The first-order valence-corrected chi connectivity index (χ1v) is 8.80. The zero-order chi connectivity index (χ0) is 18.0. The average molecular weight is 409 g/mol. The fourth-order valence-electron chi connectivity index (χ4n) is 2.32. The Morgan fingerprint density at radius 3 is 2.35 bits per heavy atom. The summed E-state index contributed by atoms with van der Waals surface area (Å²) < 4.78 is 25.9. The second kappa shape index (κ2) is 7.85. The SMILES string of the molecule is CNS(=O)(=O)c1ccc(O)c(N=Nc2c(O)ccc3ccccc23)c1.[Cr+2]. The molecule has 26 heavy (non-hydrogen) atoms. The van der Waals surface area contributed by atoms with Gasteiger partial charge in [0.1, 0.15) is 22.9 Å². The van der Waals surface area contributed by atoms with Gasteiger partial charge in [0.05, 0.1) is 4.90 Å². The molecule has 0 saturated heterocycles. The van der Waals surface area contributed by atoms with Crippen LogP contribution in [0.3, 0.4) is 0 Å². The maximum atomic E-state index is 11.9. The molecule has 0 aromatic heterocycles. The Labute approximate surface area is 161 Å². The second-order valence-electron chi connectivity index (χ2n) is 5.21. The van der Waals surface area contributed by atoms with Gasteiger partial charge >= 0.3 is 17.4 Å². The number of azo groups is 1. The van der Waals surface area contributed by atoms with Crippen molar-refractivity contribution >= 4 is 32.2 Å². The van der Waals surface area contributed by atoms with Crippen LogP contribution in [0.1, 0.15) is 0 Å². The monoisotopic (exact) mass is 409 g/mol. The van der Waals surface area contributed by atoms with Crippen molar-refractivity contribution in [3.63, 3.8) is 0 Å². The summed E-state index contributed by atoms with van der Waals surface area (Å²) in [5.41, 5.74) is 0.211. The van der Waals surface area contributed by atoms with Gasteiger partial charge < -0.3 is 10.2 Å². The van der Waals surface area contributed by atoms with Gasteiger partial charge in [-0.05, 0) is 36.7 Å². The molecule has 3 N–H and O–H groups in total. The smallest absolute Gasteiger partial charge is 0.506 e. The summed E-state index contributed by atoms with van der Waals surface area (Å²) >= 11 is 0. The fraction of sp³-hybridized carbons (Fsp3) is 0.0588. The van der Waals surface area contributed by atoms with Crippen LogP contribution in [0.25, 0.3) is 10.8 Å². The summed E-state index contributed by atoms with van der Waals surface area (Å²) in [6, 6.07) is 14.2. The van der Waals surface area contributed by atoms with Crippen LogP contribution in [0.4, 0.5) is 11.4 Å². The maximum absolute atomic E-state index is 11.9. The molecule has 0 unspecified atom stereocenters. The van der Waals surface area contributed by atoms with E-state index in [2.05, 4.69) is 15.0 Å². The van der Waals surface area contributed by atoms with Crippen LogP contribution in [0.15, 0.2) is 69.7 Å². The predicted molar refractivity (Wildman–Crippen MR) is 94.1 cm³/mol. The molecule has 3 rings (SSSR count). The number of benzene rings is 3. The van der Waals surface area contributed by atoms with Crippen LogP contribution in [0, 0.1) is 0 Å². The van der Waals surface area contributed by atoms with Crippen molar-refractivity contribution in [1.29, 1.82) is 0 Å². The van der Waals surface area contributed by atoms with E-state index in [1.807, 2.05) is 12.1 Å². The van der Waals surface area contributed by atoms with Crippen molar-refractivity contribution in [3.05, 3.63) is 54.6 Å². The number of rotatable bonds is 4. The molecular weight excluding hydrogens is 394 g/mol. The normalized spacial score (nSPS) is 11.6. The van der Waals surface area contributed by atoms with E-state index in [1.165, 1.54) is 31.3 Å². The molecule has 0 fully saturated rings. The zero-order valence-electron chi connectivity index (χ0n) is 13.6. The Balaban J connectivity index is 0.00000243. The average Bonchev–Trinajstić information content (AvgIpc) is 2.62. The number of phenols is 2. The summed E-state index contributed by atoms with van der Waals surface area (Å²) in [5.74, 6) is -0.292. The minimum Gasteiger partial charge on any atom is -0.506 e. The second-order valence-corrected chi connectivity index (χ2v) is 7.10. The molecule has 0 radical (unpaired) electrons. The molecule has 0 spiro atoms. The number of aromatic hydroxyl groups is 2. The molecule has 0 aliphatic rings. The van der Waals surface area contributed by atoms with Gasteiger partial charge in [0.2, 0.25) is 10.0 Å². The number of phenolic OH excluding ortho intramolecular Hbond substituents is 2. The first-order chi connectivity index (χ1) is 11.9. The number of nitrogens with zero attached hydrogens (tertiary/aromatic N) is 2. The van der Waals surface area contributed by atoms with Gasteiger partial charge in [-0.3, -0.25) is 0 Å². The molecule has 0 amide bonds. The van der Waals surface area contributed by atoms with Crippen molar-refractivity contribution in [2.24, 2.45) is 10.2 Å². The van der Waals surface area contributed by atoms with E-state index in [4.69, 9.17) is 0 Å². The van der Waals surface area contributed by atoms with E-state index >= 15 is 0 Å². The van der Waals surface area contributed by atoms with E-state index in [0.29, 0.717) is 5.39 Å². The maximum Gasteiger partial charge on any atom is 2.00 e. The molecule has 0 atom stereocenters. The van der Waals surface area contributed by atoms with Crippen molar-refractivity contribution < 1.29 is 36.0 Å². The fourth-order valence-corrected chi connectivity index (χ4v) is 3.07. The molecule has 0 saturated carbocycles. The van der Waals surface area contributed by atoms with Gasteiger partial charge in [0.25, 0.3) is 0 Å². The third-order valence-corrected chi connectivity index (χ3v) is 5.07. The standard InChI is InChI=1S/C17H15N3O4S.Cr/c1-18-25(23,24)12-7-9-15(21)14(10-12)19-20-17-13-5-3-2-4-11(13)6-8-16(17)22;/h2-10,18,21-22H,1H3;/q;+2. The molecule has 3 aromatic rings. The Kier molecular flexibility index (Phi) is 6.00. The Hall–Kier alpha value is -2.44. The van der Waals surface area contributed by atoms with Crippen LogP contribution in [-0.4, -0.2) is 25.7 Å². The van der Waals surface area contributed by atoms with Crippen LogP contribution >= 0.6 is 0 Å². The Morgan fingerprint density at radius 2 is 1.62 bits per heavy atom. The third-order valence-electron chi connectivity index (χ3n) is 3.66. The number of hydrogen-bond donors (Lipinski definition) is 3. The first kappa shape index (κ1) is 19.9. The van der Waals surface area contributed by atoms with Crippen LogP contribution in [0.2, 0.25) is 0 Å². The molecule has 0 heterocycles. The van der Waals surface area contributed by atoms with E-state index in [0.717, 1.165) is 5.39 Å². The summed E-state index contributed by atoms with van der Waals surface area (Å²) in [5, 5.41) is 29.4. The largest absolute Gasteiger partial charge is 2.00 e. The molecule has 3 aromatic carbocycles. The zero-order valence-corrected chi connectivity index (χ0v) is 15.7. The molecule has 132 valence electrons. The quantitative estimate of drug-likeness (QED) is 0.572. The summed E-state index contributed by atoms with van der Waals surface area (Å²) in [7, 11) is -2.39. The van der Waals surface area contributed by atoms with Gasteiger partial charge in [0, 0.05) is 5.39 Å².